The van der Waals surface area contributed by atoms with E-state index in [0.717, 1.165) is 26.2 Å². The molecule has 0 radical (unpaired) electrons. The monoisotopic (exact) mass is 569 g/mol. The molecule has 3 rings (SSSR count). The summed E-state index contributed by atoms with van der Waals surface area (Å²) < 4.78 is 19.0. The minimum absolute atomic E-state index is 0. The van der Waals surface area contributed by atoms with Gasteiger partial charge >= 0.3 is 0 Å². The van der Waals surface area contributed by atoms with Gasteiger partial charge in [0.2, 0.25) is 0 Å². The van der Waals surface area contributed by atoms with Crippen molar-refractivity contribution in [3.63, 3.8) is 0 Å². The lowest BCUT2D eigenvalue weighted by Crippen LogP contribution is -2.41. The van der Waals surface area contributed by atoms with Crippen molar-refractivity contribution in [1.82, 2.24) is 20.4 Å². The minimum atomic E-state index is -0.301. The van der Waals surface area contributed by atoms with Crippen molar-refractivity contribution < 1.29 is 9.13 Å². The van der Waals surface area contributed by atoms with Crippen molar-refractivity contribution in [3.05, 3.63) is 65.5 Å². The third-order valence-electron chi connectivity index (χ3n) is 5.62. The Morgan fingerprint density at radius 3 is 2.55 bits per heavy atom. The molecule has 0 bridgehead atoms. The van der Waals surface area contributed by atoms with E-state index in [1.807, 2.05) is 6.92 Å². The highest BCUT2D eigenvalue weighted by Crippen LogP contribution is 2.13. The lowest BCUT2D eigenvalue weighted by Gasteiger charge is -2.20. The predicted octanol–water partition coefficient (Wildman–Crippen LogP) is 3.71. The lowest BCUT2D eigenvalue weighted by atomic mass is 10.1. The zero-order valence-corrected chi connectivity index (χ0v) is 22.2. The zero-order chi connectivity index (χ0) is 22.8. The molecule has 1 aliphatic rings. The fourth-order valence-electron chi connectivity index (χ4n) is 3.74. The van der Waals surface area contributed by atoms with Gasteiger partial charge in [0.15, 0.2) is 5.96 Å². The van der Waals surface area contributed by atoms with E-state index >= 15 is 0 Å². The quantitative estimate of drug-likeness (QED) is 0.289. The summed E-state index contributed by atoms with van der Waals surface area (Å²) in [6.07, 6.45) is 1.10. The van der Waals surface area contributed by atoms with E-state index in [1.54, 1.807) is 19.2 Å². The molecule has 182 valence electrons. The Hall–Kier alpha value is -1.91. The van der Waals surface area contributed by atoms with E-state index in [9.17, 15) is 4.39 Å². The van der Waals surface area contributed by atoms with Gasteiger partial charge in [-0.15, -0.1) is 24.0 Å². The molecule has 1 atom stereocenters. The van der Waals surface area contributed by atoms with Crippen LogP contribution in [0.3, 0.4) is 0 Å². The van der Waals surface area contributed by atoms with E-state index in [1.165, 1.54) is 36.2 Å². The molecular weight excluding hydrogens is 532 g/mol. The highest BCUT2D eigenvalue weighted by molar-refractivity contribution is 14.0. The number of rotatable bonds is 8. The fourth-order valence-corrected chi connectivity index (χ4v) is 3.74. The maximum Gasteiger partial charge on any atom is 0.191 e. The zero-order valence-electron chi connectivity index (χ0n) is 19.9. The van der Waals surface area contributed by atoms with Gasteiger partial charge in [-0.25, -0.2) is 4.39 Å². The summed E-state index contributed by atoms with van der Waals surface area (Å²) in [6.45, 7) is 8.81. The first-order chi connectivity index (χ1) is 15.5. The molecule has 2 N–H and O–H groups in total. The Kier molecular flexibility index (Phi) is 11.9. The molecule has 2 aromatic rings. The van der Waals surface area contributed by atoms with Crippen molar-refractivity contribution in [3.8, 4) is 5.75 Å². The van der Waals surface area contributed by atoms with Gasteiger partial charge in [-0.05, 0) is 56.7 Å². The number of likely N-dealkylation sites (N-methyl/N-ethyl adjacent to an activating group) is 1. The first-order valence-electron chi connectivity index (χ1n) is 11.4. The predicted molar refractivity (Wildman–Crippen MR) is 144 cm³/mol. The molecule has 1 heterocycles. The number of halogens is 2. The highest BCUT2D eigenvalue weighted by Gasteiger charge is 2.12. The summed E-state index contributed by atoms with van der Waals surface area (Å²) in [5, 5.41) is 6.59. The summed E-state index contributed by atoms with van der Waals surface area (Å²) >= 11 is 0. The van der Waals surface area contributed by atoms with Crippen LogP contribution >= 0.6 is 24.0 Å². The average molecular weight is 570 g/mol. The van der Waals surface area contributed by atoms with E-state index in [0.29, 0.717) is 24.8 Å². The van der Waals surface area contributed by atoms with Crippen LogP contribution in [-0.2, 0) is 13.1 Å². The van der Waals surface area contributed by atoms with Crippen LogP contribution in [0.2, 0.25) is 0 Å². The van der Waals surface area contributed by atoms with Crippen LogP contribution in [0.15, 0.2) is 53.5 Å². The molecule has 1 aliphatic heterocycles. The smallest absolute Gasteiger partial charge is 0.191 e. The second-order valence-corrected chi connectivity index (χ2v) is 8.44. The molecule has 1 unspecified atom stereocenters. The lowest BCUT2D eigenvalue weighted by molar-refractivity contribution is 0.223. The van der Waals surface area contributed by atoms with Crippen LogP contribution in [0.25, 0.3) is 0 Å². The summed E-state index contributed by atoms with van der Waals surface area (Å²) in [6, 6.07) is 15.0. The molecule has 0 amide bonds. The van der Waals surface area contributed by atoms with Gasteiger partial charge < -0.3 is 20.3 Å². The largest absolute Gasteiger partial charge is 0.489 e. The molecule has 6 nitrogen and oxygen atoms in total. The molecule has 0 aromatic heterocycles. The van der Waals surface area contributed by atoms with Crippen molar-refractivity contribution in [2.75, 3.05) is 46.8 Å². The number of hydrogen-bond donors (Lipinski definition) is 2. The van der Waals surface area contributed by atoms with Crippen LogP contribution < -0.4 is 15.4 Å². The van der Waals surface area contributed by atoms with E-state index in [2.05, 4.69) is 56.7 Å². The van der Waals surface area contributed by atoms with E-state index in [4.69, 9.17) is 4.74 Å². The highest BCUT2D eigenvalue weighted by atomic mass is 127. The van der Waals surface area contributed by atoms with Crippen LogP contribution in [-0.4, -0.2) is 68.7 Å². The van der Waals surface area contributed by atoms with Crippen molar-refractivity contribution >= 4 is 29.9 Å². The van der Waals surface area contributed by atoms with E-state index < -0.39 is 0 Å². The standard InChI is InChI=1S/C25H36FN5O.HI/c1-20(32-24-7-4-6-23(26)16-24)17-28-25(27-2)29-18-21-8-10-22(11-9-21)19-31-13-5-12-30(3)14-15-31;/h4,6-11,16,20H,5,12-15,17-19H2,1-3H3,(H2,27,28,29);1H. The van der Waals surface area contributed by atoms with Gasteiger partial charge in [0.1, 0.15) is 17.7 Å². The summed E-state index contributed by atoms with van der Waals surface area (Å²) in [5.41, 5.74) is 2.56. The number of nitrogens with zero attached hydrogens (tertiary/aromatic N) is 3. The molecule has 0 aliphatic carbocycles. The van der Waals surface area contributed by atoms with Gasteiger partial charge in [-0.2, -0.15) is 0 Å². The number of nitrogens with one attached hydrogen (secondary N) is 2. The molecule has 1 saturated heterocycles. The SMILES string of the molecule is CN=C(NCc1ccc(CN2CCCN(C)CC2)cc1)NCC(C)Oc1cccc(F)c1.I. The molecule has 33 heavy (non-hydrogen) atoms. The third-order valence-corrected chi connectivity index (χ3v) is 5.62. The van der Waals surface area contributed by atoms with E-state index in [-0.39, 0.29) is 35.9 Å². The van der Waals surface area contributed by atoms with Gasteiger partial charge in [0.05, 0.1) is 6.54 Å². The minimum Gasteiger partial charge on any atom is -0.489 e. The topological polar surface area (TPSA) is 52.1 Å². The van der Waals surface area contributed by atoms with Crippen LogP contribution in [0.4, 0.5) is 4.39 Å². The maximum atomic E-state index is 13.3. The Labute approximate surface area is 214 Å². The molecule has 0 spiro atoms. The Bertz CT molecular complexity index is 864. The Morgan fingerprint density at radius 2 is 1.82 bits per heavy atom. The summed E-state index contributed by atoms with van der Waals surface area (Å²) in [4.78, 5) is 9.22. The molecule has 8 heteroatoms. The first kappa shape index (κ1) is 27.3. The number of hydrogen-bond acceptors (Lipinski definition) is 4. The second kappa shape index (κ2) is 14.4. The van der Waals surface area contributed by atoms with Crippen molar-refractivity contribution in [2.45, 2.75) is 32.5 Å². The molecule has 0 saturated carbocycles. The van der Waals surface area contributed by atoms with Gasteiger partial charge in [-0.1, -0.05) is 30.3 Å². The number of benzene rings is 2. The van der Waals surface area contributed by atoms with Gasteiger partial charge in [0, 0.05) is 39.3 Å². The third kappa shape index (κ3) is 9.85. The average Bonchev–Trinajstić information content (AvgIpc) is 2.99. The Morgan fingerprint density at radius 1 is 1.06 bits per heavy atom. The van der Waals surface area contributed by atoms with Gasteiger partial charge in [-0.3, -0.25) is 9.89 Å². The van der Waals surface area contributed by atoms with Gasteiger partial charge in [0.25, 0.3) is 0 Å². The summed E-state index contributed by atoms with van der Waals surface area (Å²) in [7, 11) is 3.95. The molecule has 1 fully saturated rings. The van der Waals surface area contributed by atoms with Crippen LogP contribution in [0.5, 0.6) is 5.75 Å². The number of aliphatic imine (C=N–C) groups is 1. The fraction of sp³-hybridized carbons (Fsp3) is 0.480. The molecular formula is C25H37FIN5O. The number of guanidine groups is 1. The first-order valence-corrected chi connectivity index (χ1v) is 11.4. The summed E-state index contributed by atoms with van der Waals surface area (Å²) in [5.74, 6) is 0.928. The van der Waals surface area contributed by atoms with Crippen LogP contribution in [0, 0.1) is 5.82 Å². The maximum absolute atomic E-state index is 13.3. The van der Waals surface area contributed by atoms with Crippen molar-refractivity contribution in [2.24, 2.45) is 4.99 Å². The Balaban J connectivity index is 0.00000385. The van der Waals surface area contributed by atoms with Crippen LogP contribution in [0.1, 0.15) is 24.5 Å². The second-order valence-electron chi connectivity index (χ2n) is 8.44. The van der Waals surface area contributed by atoms with Crippen molar-refractivity contribution in [1.29, 1.82) is 0 Å². The normalized spacial score (nSPS) is 16.4. The molecule has 2 aromatic carbocycles. The number of ether oxygens (including phenoxy) is 1.